The van der Waals surface area contributed by atoms with Crippen molar-refractivity contribution in [1.82, 2.24) is 4.90 Å². The Bertz CT molecular complexity index is 795. The average molecular weight is 372 g/mol. The largest absolute Gasteiger partial charge is 0.324 e. The topological polar surface area (TPSA) is 49.4 Å². The number of amides is 2. The van der Waals surface area contributed by atoms with Crippen molar-refractivity contribution in [3.63, 3.8) is 0 Å². The van der Waals surface area contributed by atoms with Crippen LogP contribution in [0.5, 0.6) is 0 Å². The molecule has 136 valence electrons. The number of aryl methyl sites for hydroxylation is 2. The molecule has 2 aromatic rings. The van der Waals surface area contributed by atoms with Crippen molar-refractivity contribution in [2.24, 2.45) is 0 Å². The Balaban J connectivity index is 1.58. The summed E-state index contributed by atoms with van der Waals surface area (Å²) in [6, 6.07) is 13.4. The van der Waals surface area contributed by atoms with Gasteiger partial charge in [0, 0.05) is 17.9 Å². The van der Waals surface area contributed by atoms with Gasteiger partial charge < -0.3 is 10.2 Å². The van der Waals surface area contributed by atoms with E-state index >= 15 is 0 Å². The lowest BCUT2D eigenvalue weighted by atomic mass is 10.1. The van der Waals surface area contributed by atoms with Crippen LogP contribution in [-0.2, 0) is 16.0 Å². The second-order valence-electron chi connectivity index (χ2n) is 6.36. The molecule has 6 heteroatoms. The molecule has 0 saturated carbocycles. The minimum Gasteiger partial charge on any atom is -0.324 e. The van der Waals surface area contributed by atoms with E-state index in [0.717, 1.165) is 16.8 Å². The predicted molar refractivity (Wildman–Crippen MR) is 102 cm³/mol. The monoisotopic (exact) mass is 372 g/mol. The second-order valence-corrected chi connectivity index (χ2v) is 7.36. The summed E-state index contributed by atoms with van der Waals surface area (Å²) in [5, 5.41) is 2.88. The number of nitrogens with zero attached hydrogens (tertiary/aromatic N) is 1. The van der Waals surface area contributed by atoms with E-state index in [9.17, 15) is 14.0 Å². The summed E-state index contributed by atoms with van der Waals surface area (Å²) in [6.07, 6.45) is 0.725. The van der Waals surface area contributed by atoms with E-state index in [4.69, 9.17) is 0 Å². The van der Waals surface area contributed by atoms with E-state index in [1.807, 2.05) is 31.2 Å². The number of rotatable bonds is 5. The molecular formula is C20H21FN2O2S. The van der Waals surface area contributed by atoms with Crippen molar-refractivity contribution in [2.75, 3.05) is 16.9 Å². The molecule has 1 aliphatic heterocycles. The summed E-state index contributed by atoms with van der Waals surface area (Å²) in [5.74, 6) is 0.542. The Labute approximate surface area is 156 Å². The van der Waals surface area contributed by atoms with E-state index in [-0.39, 0.29) is 24.1 Å². The van der Waals surface area contributed by atoms with E-state index in [1.165, 1.54) is 12.1 Å². The molecule has 26 heavy (non-hydrogen) atoms. The molecule has 2 amide bonds. The van der Waals surface area contributed by atoms with Crippen molar-refractivity contribution in [2.45, 2.75) is 25.8 Å². The molecule has 1 saturated heterocycles. The lowest BCUT2D eigenvalue weighted by Gasteiger charge is -2.23. The lowest BCUT2D eigenvalue weighted by Crippen LogP contribution is -2.44. The number of thioether (sulfide) groups is 1. The molecule has 1 fully saturated rings. The summed E-state index contributed by atoms with van der Waals surface area (Å²) in [4.78, 5) is 26.7. The van der Waals surface area contributed by atoms with Crippen molar-refractivity contribution >= 4 is 29.3 Å². The average Bonchev–Trinajstić information content (AvgIpc) is 3.12. The van der Waals surface area contributed by atoms with E-state index in [1.54, 1.807) is 28.8 Å². The highest BCUT2D eigenvalue weighted by atomic mass is 32.2. The Morgan fingerprint density at radius 2 is 2.00 bits per heavy atom. The molecule has 0 aromatic heterocycles. The molecule has 3 rings (SSSR count). The molecule has 1 atom stereocenters. The minimum absolute atomic E-state index is 0.0803. The number of benzene rings is 2. The quantitative estimate of drug-likeness (QED) is 0.872. The predicted octanol–water partition coefficient (Wildman–Crippen LogP) is 3.61. The molecule has 0 aliphatic carbocycles. The van der Waals surface area contributed by atoms with Gasteiger partial charge in [0.1, 0.15) is 11.9 Å². The molecule has 0 bridgehead atoms. The third-order valence-electron chi connectivity index (χ3n) is 4.34. The summed E-state index contributed by atoms with van der Waals surface area (Å²) >= 11 is 1.57. The first kappa shape index (κ1) is 18.5. The first-order valence-electron chi connectivity index (χ1n) is 8.52. The fourth-order valence-corrected chi connectivity index (χ4v) is 4.04. The maximum Gasteiger partial charge on any atom is 0.248 e. The van der Waals surface area contributed by atoms with Gasteiger partial charge in [0.05, 0.1) is 5.88 Å². The van der Waals surface area contributed by atoms with E-state index < -0.39 is 6.04 Å². The van der Waals surface area contributed by atoms with Gasteiger partial charge in [-0.3, -0.25) is 9.59 Å². The van der Waals surface area contributed by atoms with Gasteiger partial charge in [0.25, 0.3) is 0 Å². The Hall–Kier alpha value is -2.34. The Morgan fingerprint density at radius 3 is 2.73 bits per heavy atom. The van der Waals surface area contributed by atoms with Gasteiger partial charge in [-0.2, -0.15) is 0 Å². The van der Waals surface area contributed by atoms with Crippen molar-refractivity contribution in [1.29, 1.82) is 0 Å². The fraction of sp³-hybridized carbons (Fsp3) is 0.300. The van der Waals surface area contributed by atoms with Crippen LogP contribution in [-0.4, -0.2) is 34.4 Å². The number of anilines is 1. The zero-order chi connectivity index (χ0) is 18.5. The molecule has 4 nitrogen and oxygen atoms in total. The number of carbonyl (C=O) groups is 2. The second kappa shape index (κ2) is 8.36. The van der Waals surface area contributed by atoms with Crippen LogP contribution in [0.1, 0.15) is 17.5 Å². The first-order valence-corrected chi connectivity index (χ1v) is 9.67. The highest BCUT2D eigenvalue weighted by Gasteiger charge is 2.34. The molecule has 1 N–H and O–H groups in total. The van der Waals surface area contributed by atoms with Crippen LogP contribution < -0.4 is 5.32 Å². The van der Waals surface area contributed by atoms with Gasteiger partial charge in [-0.05, 0) is 43.2 Å². The van der Waals surface area contributed by atoms with Crippen LogP contribution >= 0.6 is 11.8 Å². The number of carbonyl (C=O) groups excluding carboxylic acids is 2. The number of nitrogens with one attached hydrogen (secondary N) is 1. The van der Waals surface area contributed by atoms with Crippen molar-refractivity contribution in [3.05, 3.63) is 65.5 Å². The molecule has 1 unspecified atom stereocenters. The number of hydrogen-bond donors (Lipinski definition) is 1. The van der Waals surface area contributed by atoms with Crippen LogP contribution in [0.3, 0.4) is 0 Å². The summed E-state index contributed by atoms with van der Waals surface area (Å²) in [6.45, 7) is 1.98. The van der Waals surface area contributed by atoms with Gasteiger partial charge in [-0.25, -0.2) is 4.39 Å². The number of hydrogen-bond acceptors (Lipinski definition) is 3. The zero-order valence-corrected chi connectivity index (χ0v) is 15.4. The molecule has 1 aliphatic rings. The Kier molecular flexibility index (Phi) is 5.93. The van der Waals surface area contributed by atoms with Gasteiger partial charge in [-0.1, -0.05) is 29.8 Å². The highest BCUT2D eigenvalue weighted by Crippen LogP contribution is 2.23. The maximum atomic E-state index is 13.2. The smallest absolute Gasteiger partial charge is 0.248 e. The summed E-state index contributed by atoms with van der Waals surface area (Å²) in [7, 11) is 0. The zero-order valence-electron chi connectivity index (χ0n) is 14.6. The summed E-state index contributed by atoms with van der Waals surface area (Å²) < 4.78 is 13.2. The molecule has 1 heterocycles. The number of halogens is 1. The van der Waals surface area contributed by atoms with E-state index in [2.05, 4.69) is 5.32 Å². The van der Waals surface area contributed by atoms with Crippen LogP contribution in [0.2, 0.25) is 0 Å². The van der Waals surface area contributed by atoms with Crippen LogP contribution in [0.25, 0.3) is 0 Å². The third-order valence-corrected chi connectivity index (χ3v) is 5.35. The molecular weight excluding hydrogens is 351 g/mol. The van der Waals surface area contributed by atoms with Gasteiger partial charge >= 0.3 is 0 Å². The maximum absolute atomic E-state index is 13.2. The molecule has 2 aromatic carbocycles. The first-order chi connectivity index (χ1) is 12.5. The standard InChI is InChI=1S/C20H21FN2O2S/c1-14-5-8-17(9-6-14)22-20(25)18-12-26-13-23(18)19(24)10-7-15-3-2-4-16(21)11-15/h2-6,8-9,11,18H,7,10,12-13H2,1H3,(H,22,25). The lowest BCUT2D eigenvalue weighted by molar-refractivity contribution is -0.136. The molecule has 0 spiro atoms. The normalized spacial score (nSPS) is 16.5. The van der Waals surface area contributed by atoms with Crippen LogP contribution in [0.15, 0.2) is 48.5 Å². The minimum atomic E-state index is -0.471. The van der Waals surface area contributed by atoms with Gasteiger partial charge in [0.15, 0.2) is 0 Å². The summed E-state index contributed by atoms with van der Waals surface area (Å²) in [5.41, 5.74) is 2.63. The SMILES string of the molecule is Cc1ccc(NC(=O)C2CSCN2C(=O)CCc2cccc(F)c2)cc1. The van der Waals surface area contributed by atoms with Gasteiger partial charge in [-0.15, -0.1) is 11.8 Å². The highest BCUT2D eigenvalue weighted by molar-refractivity contribution is 7.99. The third kappa shape index (κ3) is 4.64. The van der Waals surface area contributed by atoms with Crippen LogP contribution in [0, 0.1) is 12.7 Å². The van der Waals surface area contributed by atoms with E-state index in [0.29, 0.717) is 18.1 Å². The van der Waals surface area contributed by atoms with Crippen LogP contribution in [0.4, 0.5) is 10.1 Å². The van der Waals surface area contributed by atoms with Gasteiger partial charge in [0.2, 0.25) is 11.8 Å². The fourth-order valence-electron chi connectivity index (χ4n) is 2.86. The Morgan fingerprint density at radius 1 is 1.23 bits per heavy atom. The molecule has 0 radical (unpaired) electrons. The van der Waals surface area contributed by atoms with Crippen molar-refractivity contribution in [3.8, 4) is 0 Å². The van der Waals surface area contributed by atoms with Crippen molar-refractivity contribution < 1.29 is 14.0 Å².